The van der Waals surface area contributed by atoms with Crippen LogP contribution in [0.3, 0.4) is 0 Å². The molecule has 0 atom stereocenters. The van der Waals surface area contributed by atoms with Gasteiger partial charge < -0.3 is 9.47 Å². The number of hydrogen-bond donors (Lipinski definition) is 0. The quantitative estimate of drug-likeness (QED) is 0.353. The van der Waals surface area contributed by atoms with Crippen LogP contribution in [0.5, 0.6) is 11.5 Å². The van der Waals surface area contributed by atoms with E-state index in [9.17, 15) is 14.9 Å². The number of benzene rings is 2. The van der Waals surface area contributed by atoms with Crippen molar-refractivity contribution in [2.24, 2.45) is 0 Å². The van der Waals surface area contributed by atoms with Gasteiger partial charge in [0.25, 0.3) is 5.69 Å². The van der Waals surface area contributed by atoms with Crippen LogP contribution in [0.15, 0.2) is 48.5 Å². The first-order valence-corrected chi connectivity index (χ1v) is 6.74. The minimum Gasteiger partial charge on any atom is -0.497 e. The third-order valence-electron chi connectivity index (χ3n) is 3.18. The Bertz CT molecular complexity index is 745. The molecule has 0 N–H and O–H groups in total. The Balaban J connectivity index is 2.31. The number of carbonyl (C=O) groups excluding carboxylic acids is 1. The van der Waals surface area contributed by atoms with Gasteiger partial charge in [-0.1, -0.05) is 12.1 Å². The Kier molecular flexibility index (Phi) is 5.09. The van der Waals surface area contributed by atoms with Crippen LogP contribution in [0.1, 0.15) is 15.9 Å². The highest BCUT2D eigenvalue weighted by Crippen LogP contribution is 2.24. The maximum absolute atomic E-state index is 12.3. The van der Waals surface area contributed by atoms with Gasteiger partial charge in [-0.25, -0.2) is 0 Å². The molecule has 118 valence electrons. The van der Waals surface area contributed by atoms with Gasteiger partial charge in [0.15, 0.2) is 5.78 Å². The van der Waals surface area contributed by atoms with Crippen molar-refractivity contribution in [3.63, 3.8) is 0 Å². The second-order valence-electron chi connectivity index (χ2n) is 4.61. The molecule has 0 radical (unpaired) electrons. The molecule has 0 amide bonds. The summed E-state index contributed by atoms with van der Waals surface area (Å²) in [7, 11) is 2.98. The van der Waals surface area contributed by atoms with Crippen LogP contribution >= 0.6 is 0 Å². The van der Waals surface area contributed by atoms with Crippen molar-refractivity contribution in [1.82, 2.24) is 0 Å². The van der Waals surface area contributed by atoms with E-state index in [0.29, 0.717) is 22.6 Å². The van der Waals surface area contributed by atoms with Gasteiger partial charge in [-0.3, -0.25) is 14.9 Å². The lowest BCUT2D eigenvalue weighted by molar-refractivity contribution is -0.385. The van der Waals surface area contributed by atoms with Gasteiger partial charge in [-0.2, -0.15) is 0 Å². The summed E-state index contributed by atoms with van der Waals surface area (Å²) in [6.07, 6.45) is 2.71. The van der Waals surface area contributed by atoms with Crippen molar-refractivity contribution in [2.75, 3.05) is 14.2 Å². The molecule has 2 aromatic carbocycles. The maximum atomic E-state index is 12.3. The number of nitro groups is 1. The summed E-state index contributed by atoms with van der Waals surface area (Å²) in [6, 6.07) is 11.0. The zero-order valence-electron chi connectivity index (χ0n) is 12.7. The van der Waals surface area contributed by atoms with E-state index >= 15 is 0 Å². The van der Waals surface area contributed by atoms with Crippen molar-refractivity contribution in [3.05, 3.63) is 69.8 Å². The van der Waals surface area contributed by atoms with Crippen molar-refractivity contribution in [3.8, 4) is 11.5 Å². The molecule has 0 bridgehead atoms. The molecule has 2 aromatic rings. The van der Waals surface area contributed by atoms with Gasteiger partial charge >= 0.3 is 0 Å². The first-order chi connectivity index (χ1) is 11.0. The molecule has 0 aromatic heterocycles. The lowest BCUT2D eigenvalue weighted by Crippen LogP contribution is -1.97. The fourth-order valence-electron chi connectivity index (χ4n) is 2.01. The Morgan fingerprint density at radius 2 is 1.70 bits per heavy atom. The van der Waals surface area contributed by atoms with Crippen LogP contribution < -0.4 is 9.47 Å². The fourth-order valence-corrected chi connectivity index (χ4v) is 2.01. The van der Waals surface area contributed by atoms with E-state index in [0.717, 1.165) is 0 Å². The molecule has 23 heavy (non-hydrogen) atoms. The Morgan fingerprint density at radius 1 is 1.09 bits per heavy atom. The van der Waals surface area contributed by atoms with Crippen LogP contribution in [-0.2, 0) is 0 Å². The summed E-state index contributed by atoms with van der Waals surface area (Å²) in [6.45, 7) is 0. The fraction of sp³-hybridized carbons (Fsp3) is 0.118. The van der Waals surface area contributed by atoms with E-state index in [1.54, 1.807) is 36.4 Å². The molecular formula is C17H15NO5. The van der Waals surface area contributed by atoms with E-state index in [1.165, 1.54) is 32.4 Å². The molecular weight excluding hydrogens is 298 g/mol. The number of rotatable bonds is 6. The predicted molar refractivity (Wildman–Crippen MR) is 86.0 cm³/mol. The molecule has 2 rings (SSSR count). The summed E-state index contributed by atoms with van der Waals surface area (Å²) in [5.41, 5.74) is 0.677. The van der Waals surface area contributed by atoms with Crippen LogP contribution in [0.25, 0.3) is 6.08 Å². The molecule has 0 unspecified atom stereocenters. The van der Waals surface area contributed by atoms with Crippen LogP contribution in [0.4, 0.5) is 5.69 Å². The molecule has 0 aliphatic heterocycles. The number of methoxy groups -OCH3 is 2. The van der Waals surface area contributed by atoms with Crippen LogP contribution in [-0.4, -0.2) is 24.9 Å². The average Bonchev–Trinajstić information content (AvgIpc) is 2.59. The molecule has 0 fully saturated rings. The zero-order valence-corrected chi connectivity index (χ0v) is 12.7. The van der Waals surface area contributed by atoms with Gasteiger partial charge in [-0.05, 0) is 30.4 Å². The molecule has 0 heterocycles. The van der Waals surface area contributed by atoms with Gasteiger partial charge in [-0.15, -0.1) is 0 Å². The highest BCUT2D eigenvalue weighted by Gasteiger charge is 2.11. The number of hydrogen-bond acceptors (Lipinski definition) is 5. The number of para-hydroxylation sites is 1. The predicted octanol–water partition coefficient (Wildman–Crippen LogP) is 3.51. The molecule has 0 saturated carbocycles. The number of ketones is 1. The number of allylic oxidation sites excluding steroid dienone is 1. The number of nitrogens with zero attached hydrogens (tertiary/aromatic N) is 1. The second-order valence-corrected chi connectivity index (χ2v) is 4.61. The third-order valence-corrected chi connectivity index (χ3v) is 3.18. The highest BCUT2D eigenvalue weighted by molar-refractivity contribution is 6.07. The lowest BCUT2D eigenvalue weighted by atomic mass is 10.1. The van der Waals surface area contributed by atoms with Gasteiger partial charge in [0.2, 0.25) is 0 Å². The molecule has 6 nitrogen and oxygen atoms in total. The van der Waals surface area contributed by atoms with E-state index in [1.807, 2.05) is 0 Å². The van der Waals surface area contributed by atoms with E-state index in [4.69, 9.17) is 9.47 Å². The first kappa shape index (κ1) is 16.2. The molecule has 0 aliphatic carbocycles. The molecule has 0 aliphatic rings. The van der Waals surface area contributed by atoms with Crippen LogP contribution in [0.2, 0.25) is 0 Å². The van der Waals surface area contributed by atoms with Crippen molar-refractivity contribution in [2.45, 2.75) is 0 Å². The molecule has 0 saturated heterocycles. The highest BCUT2D eigenvalue weighted by atomic mass is 16.6. The number of carbonyl (C=O) groups is 1. The van der Waals surface area contributed by atoms with E-state index < -0.39 is 4.92 Å². The number of ether oxygens (including phenoxy) is 2. The van der Waals surface area contributed by atoms with Crippen molar-refractivity contribution < 1.29 is 19.2 Å². The van der Waals surface area contributed by atoms with Gasteiger partial charge in [0.05, 0.1) is 24.7 Å². The zero-order chi connectivity index (χ0) is 16.8. The minimum absolute atomic E-state index is 0.0558. The topological polar surface area (TPSA) is 78.7 Å². The number of nitro benzene ring substituents is 1. The van der Waals surface area contributed by atoms with Gasteiger partial charge in [0, 0.05) is 17.7 Å². The maximum Gasteiger partial charge on any atom is 0.276 e. The summed E-state index contributed by atoms with van der Waals surface area (Å²) >= 11 is 0. The van der Waals surface area contributed by atoms with Gasteiger partial charge in [0.1, 0.15) is 11.5 Å². The Morgan fingerprint density at radius 3 is 2.26 bits per heavy atom. The molecule has 6 heteroatoms. The Hall–Kier alpha value is -3.15. The molecule has 0 spiro atoms. The summed E-state index contributed by atoms with van der Waals surface area (Å²) in [4.78, 5) is 22.7. The first-order valence-electron chi connectivity index (χ1n) is 6.74. The van der Waals surface area contributed by atoms with Crippen molar-refractivity contribution in [1.29, 1.82) is 0 Å². The Labute approximate surface area is 133 Å². The minimum atomic E-state index is -0.487. The summed E-state index contributed by atoms with van der Waals surface area (Å²) in [5, 5.41) is 11.0. The largest absolute Gasteiger partial charge is 0.497 e. The summed E-state index contributed by atoms with van der Waals surface area (Å²) < 4.78 is 10.2. The standard InChI is InChI=1S/C17H15NO5/c1-22-14-9-13(10-15(11-14)23-2)17(19)8-7-12-5-3-4-6-16(12)18(20)21/h3-11H,1-2H3. The lowest BCUT2D eigenvalue weighted by Gasteiger charge is -2.06. The van der Waals surface area contributed by atoms with Crippen molar-refractivity contribution >= 4 is 17.5 Å². The average molecular weight is 313 g/mol. The third kappa shape index (κ3) is 3.94. The second kappa shape index (κ2) is 7.22. The SMILES string of the molecule is COc1cc(OC)cc(C(=O)C=Cc2ccccc2[N+](=O)[O-])c1. The van der Waals surface area contributed by atoms with E-state index in [-0.39, 0.29) is 11.5 Å². The van der Waals surface area contributed by atoms with Crippen LogP contribution in [0, 0.1) is 10.1 Å². The van der Waals surface area contributed by atoms with E-state index in [2.05, 4.69) is 0 Å². The smallest absolute Gasteiger partial charge is 0.276 e. The summed E-state index contributed by atoms with van der Waals surface area (Å²) in [5.74, 6) is 0.680. The normalized spacial score (nSPS) is 10.5. The monoisotopic (exact) mass is 313 g/mol.